The quantitative estimate of drug-likeness (QED) is 0.846. The second-order valence-corrected chi connectivity index (χ2v) is 8.22. The summed E-state index contributed by atoms with van der Waals surface area (Å²) in [6, 6.07) is 0. The zero-order valence-electron chi connectivity index (χ0n) is 14.8. The molecule has 0 aromatic rings. The monoisotopic (exact) mass is 295 g/mol. The van der Waals surface area contributed by atoms with Gasteiger partial charge in [-0.3, -0.25) is 4.90 Å². The van der Waals surface area contributed by atoms with Crippen LogP contribution < -0.4 is 5.73 Å². The molecule has 0 aromatic heterocycles. The van der Waals surface area contributed by atoms with E-state index in [4.69, 9.17) is 5.73 Å². The summed E-state index contributed by atoms with van der Waals surface area (Å²) in [4.78, 5) is 5.11. The number of rotatable bonds is 5. The van der Waals surface area contributed by atoms with E-state index in [1.807, 2.05) is 0 Å². The Bertz CT molecular complexity index is 308. The number of likely N-dealkylation sites (tertiary alicyclic amines) is 1. The summed E-state index contributed by atoms with van der Waals surface area (Å²) in [5.74, 6) is 2.57. The molecule has 0 bridgehead atoms. The Morgan fingerprint density at radius 1 is 1.19 bits per heavy atom. The molecule has 21 heavy (non-hydrogen) atoms. The predicted molar refractivity (Wildman–Crippen MR) is 91.4 cm³/mol. The molecule has 0 aromatic carbocycles. The van der Waals surface area contributed by atoms with Crippen molar-refractivity contribution >= 4 is 0 Å². The average molecular weight is 296 g/mol. The van der Waals surface area contributed by atoms with Crippen LogP contribution >= 0.6 is 0 Å². The maximum atomic E-state index is 6.30. The van der Waals surface area contributed by atoms with Gasteiger partial charge < -0.3 is 10.6 Å². The fourth-order valence-electron chi connectivity index (χ4n) is 4.66. The molecule has 1 saturated heterocycles. The van der Waals surface area contributed by atoms with Gasteiger partial charge in [-0.05, 0) is 70.6 Å². The van der Waals surface area contributed by atoms with E-state index in [0.717, 1.165) is 24.3 Å². The first kappa shape index (κ1) is 17.2. The Morgan fingerprint density at radius 2 is 1.86 bits per heavy atom. The number of piperidine rings is 1. The van der Waals surface area contributed by atoms with E-state index >= 15 is 0 Å². The van der Waals surface area contributed by atoms with Gasteiger partial charge in [0.05, 0.1) is 0 Å². The lowest BCUT2D eigenvalue weighted by Gasteiger charge is -2.51. The van der Waals surface area contributed by atoms with E-state index in [0.29, 0.717) is 5.54 Å². The summed E-state index contributed by atoms with van der Waals surface area (Å²) in [6.07, 6.45) is 8.15. The van der Waals surface area contributed by atoms with Crippen molar-refractivity contribution in [2.45, 2.75) is 57.9 Å². The highest BCUT2D eigenvalue weighted by molar-refractivity contribution is 4.98. The van der Waals surface area contributed by atoms with Gasteiger partial charge in [-0.2, -0.15) is 0 Å². The fraction of sp³-hybridized carbons (Fsp3) is 1.00. The topological polar surface area (TPSA) is 32.5 Å². The van der Waals surface area contributed by atoms with E-state index in [9.17, 15) is 0 Å². The van der Waals surface area contributed by atoms with Crippen molar-refractivity contribution < 1.29 is 0 Å². The molecule has 1 aliphatic heterocycles. The van der Waals surface area contributed by atoms with Gasteiger partial charge >= 0.3 is 0 Å². The molecule has 1 saturated carbocycles. The summed E-state index contributed by atoms with van der Waals surface area (Å²) in [5.41, 5.74) is 6.61. The van der Waals surface area contributed by atoms with Gasteiger partial charge in [0.15, 0.2) is 0 Å². The lowest BCUT2D eigenvalue weighted by Crippen LogP contribution is -2.59. The molecule has 2 aliphatic rings. The van der Waals surface area contributed by atoms with Gasteiger partial charge in [0.2, 0.25) is 0 Å². The number of nitrogens with zero attached hydrogens (tertiary/aromatic N) is 2. The molecular formula is C18H37N3. The maximum Gasteiger partial charge on any atom is 0.0334 e. The SMILES string of the molecule is CC(C)C1CCCC(CN)(N2CCC(CN(C)C)CC2)C1. The summed E-state index contributed by atoms with van der Waals surface area (Å²) in [6.45, 7) is 9.41. The Morgan fingerprint density at radius 3 is 2.38 bits per heavy atom. The smallest absolute Gasteiger partial charge is 0.0334 e. The van der Waals surface area contributed by atoms with Gasteiger partial charge in [0.25, 0.3) is 0 Å². The minimum Gasteiger partial charge on any atom is -0.329 e. The van der Waals surface area contributed by atoms with Crippen molar-refractivity contribution in [3.05, 3.63) is 0 Å². The lowest BCUT2D eigenvalue weighted by molar-refractivity contribution is 0.0000228. The van der Waals surface area contributed by atoms with Gasteiger partial charge in [0.1, 0.15) is 0 Å². The highest BCUT2D eigenvalue weighted by Crippen LogP contribution is 2.41. The molecule has 2 N–H and O–H groups in total. The molecule has 2 atom stereocenters. The summed E-state index contributed by atoms with van der Waals surface area (Å²) >= 11 is 0. The molecule has 0 spiro atoms. The van der Waals surface area contributed by atoms with Gasteiger partial charge in [0, 0.05) is 18.6 Å². The van der Waals surface area contributed by atoms with Crippen LogP contribution in [0.15, 0.2) is 0 Å². The number of hydrogen-bond acceptors (Lipinski definition) is 3. The van der Waals surface area contributed by atoms with E-state index < -0.39 is 0 Å². The number of hydrogen-bond donors (Lipinski definition) is 1. The van der Waals surface area contributed by atoms with Crippen LogP contribution in [0.5, 0.6) is 0 Å². The molecule has 1 aliphatic carbocycles. The summed E-state index contributed by atoms with van der Waals surface area (Å²) < 4.78 is 0. The van der Waals surface area contributed by atoms with E-state index in [2.05, 4.69) is 37.7 Å². The van der Waals surface area contributed by atoms with Crippen molar-refractivity contribution in [1.29, 1.82) is 0 Å². The molecule has 0 radical (unpaired) electrons. The van der Waals surface area contributed by atoms with Crippen molar-refractivity contribution in [2.75, 3.05) is 40.3 Å². The van der Waals surface area contributed by atoms with Crippen molar-refractivity contribution in [3.8, 4) is 0 Å². The second kappa shape index (κ2) is 7.43. The largest absolute Gasteiger partial charge is 0.329 e. The molecule has 3 heteroatoms. The highest BCUT2D eigenvalue weighted by Gasteiger charge is 2.41. The minimum absolute atomic E-state index is 0.316. The predicted octanol–water partition coefficient (Wildman–Crippen LogP) is 2.80. The standard InChI is InChI=1S/C18H37N3/c1-15(2)17-6-5-9-18(12-17,14-19)21-10-7-16(8-11-21)13-20(3)4/h15-17H,5-14,19H2,1-4H3. The Balaban J connectivity index is 1.95. The van der Waals surface area contributed by atoms with Crippen molar-refractivity contribution in [2.24, 2.45) is 23.5 Å². The number of nitrogens with two attached hydrogens (primary N) is 1. The fourth-order valence-corrected chi connectivity index (χ4v) is 4.66. The summed E-state index contributed by atoms with van der Waals surface area (Å²) in [7, 11) is 4.39. The van der Waals surface area contributed by atoms with E-state index in [1.54, 1.807) is 0 Å². The second-order valence-electron chi connectivity index (χ2n) is 8.22. The van der Waals surface area contributed by atoms with Crippen LogP contribution in [0.4, 0.5) is 0 Å². The van der Waals surface area contributed by atoms with Crippen LogP contribution in [0.3, 0.4) is 0 Å². The molecule has 0 amide bonds. The Kier molecular flexibility index (Phi) is 6.10. The van der Waals surface area contributed by atoms with Crippen LogP contribution in [0.2, 0.25) is 0 Å². The van der Waals surface area contributed by atoms with Crippen molar-refractivity contribution in [3.63, 3.8) is 0 Å². The zero-order chi connectivity index (χ0) is 15.5. The molecule has 3 nitrogen and oxygen atoms in total. The molecule has 2 fully saturated rings. The minimum atomic E-state index is 0.316. The van der Waals surface area contributed by atoms with Crippen LogP contribution in [0.1, 0.15) is 52.4 Å². The summed E-state index contributed by atoms with van der Waals surface area (Å²) in [5, 5.41) is 0. The normalized spacial score (nSPS) is 33.0. The average Bonchev–Trinajstić information content (AvgIpc) is 2.47. The lowest BCUT2D eigenvalue weighted by atomic mass is 9.70. The van der Waals surface area contributed by atoms with Crippen LogP contribution in [0.25, 0.3) is 0 Å². The zero-order valence-corrected chi connectivity index (χ0v) is 14.8. The van der Waals surface area contributed by atoms with Crippen LogP contribution in [0, 0.1) is 17.8 Å². The van der Waals surface area contributed by atoms with Crippen molar-refractivity contribution in [1.82, 2.24) is 9.80 Å². The van der Waals surface area contributed by atoms with Crippen LogP contribution in [-0.2, 0) is 0 Å². The highest BCUT2D eigenvalue weighted by atomic mass is 15.2. The Labute approximate surface area is 132 Å². The molecule has 2 rings (SSSR count). The third-order valence-corrected chi connectivity index (χ3v) is 6.09. The molecule has 2 unspecified atom stereocenters. The van der Waals surface area contributed by atoms with E-state index in [-0.39, 0.29) is 0 Å². The first-order valence-electron chi connectivity index (χ1n) is 9.06. The first-order valence-corrected chi connectivity index (χ1v) is 9.06. The Hall–Kier alpha value is -0.120. The molecule has 124 valence electrons. The van der Waals surface area contributed by atoms with Crippen LogP contribution in [-0.4, -0.2) is 55.6 Å². The van der Waals surface area contributed by atoms with Gasteiger partial charge in [-0.1, -0.05) is 26.7 Å². The van der Waals surface area contributed by atoms with E-state index in [1.165, 1.54) is 58.2 Å². The third-order valence-electron chi connectivity index (χ3n) is 6.09. The molecule has 1 heterocycles. The molecular weight excluding hydrogens is 258 g/mol. The van der Waals surface area contributed by atoms with Gasteiger partial charge in [-0.25, -0.2) is 0 Å². The first-order chi connectivity index (χ1) is 9.97. The maximum absolute atomic E-state index is 6.30. The third kappa shape index (κ3) is 4.20. The van der Waals surface area contributed by atoms with Gasteiger partial charge in [-0.15, -0.1) is 0 Å².